The van der Waals surface area contributed by atoms with Crippen molar-refractivity contribution >= 4 is 40.9 Å². The molecule has 0 aliphatic heterocycles. The summed E-state index contributed by atoms with van der Waals surface area (Å²) in [6, 6.07) is 20.3. The minimum Gasteiger partial charge on any atom is -0.312 e. The molecule has 0 N–H and O–H groups in total. The summed E-state index contributed by atoms with van der Waals surface area (Å²) < 4.78 is 0. The maximum Gasteiger partial charge on any atom is 0.260 e. The van der Waals surface area contributed by atoms with Crippen LogP contribution >= 0.6 is 35.0 Å². The van der Waals surface area contributed by atoms with Crippen LogP contribution in [-0.2, 0) is 11.3 Å². The van der Waals surface area contributed by atoms with Crippen molar-refractivity contribution in [2.45, 2.75) is 47.7 Å². The van der Waals surface area contributed by atoms with Gasteiger partial charge in [0.15, 0.2) is 4.84 Å². The molecule has 1 aliphatic rings. The average Bonchev–Trinajstić information content (AvgIpc) is 2.75. The molecule has 0 saturated heterocycles. The van der Waals surface area contributed by atoms with Crippen molar-refractivity contribution in [3.8, 4) is 0 Å². The van der Waals surface area contributed by atoms with Crippen LogP contribution in [0.1, 0.15) is 31.7 Å². The summed E-state index contributed by atoms with van der Waals surface area (Å²) in [7, 11) is 0. The molecule has 0 spiro atoms. The highest BCUT2D eigenvalue weighted by Gasteiger charge is 2.29. The quantitative estimate of drug-likeness (QED) is 0.321. The number of nitrogens with zero attached hydrogens (tertiary/aromatic N) is 1. The highest BCUT2D eigenvalue weighted by molar-refractivity contribution is 8.00. The topological polar surface area (TPSA) is 20.3 Å². The molecule has 158 valence electrons. The highest BCUT2D eigenvalue weighted by Crippen LogP contribution is 2.41. The molecule has 30 heavy (non-hydrogen) atoms. The molecule has 1 saturated carbocycles. The van der Waals surface area contributed by atoms with Gasteiger partial charge in [-0.05, 0) is 55.4 Å². The van der Waals surface area contributed by atoms with Crippen molar-refractivity contribution in [2.75, 3.05) is 0 Å². The number of carbonyl (C=O) groups is 1. The number of carbonyl (C=O) groups excluding carboxylic acids is 1. The number of rotatable bonds is 7. The van der Waals surface area contributed by atoms with Crippen molar-refractivity contribution in [3.63, 3.8) is 0 Å². The minimum absolute atomic E-state index is 0.276. The Morgan fingerprint density at radius 2 is 1.80 bits per heavy atom. The lowest BCUT2D eigenvalue weighted by Gasteiger charge is -2.33. The van der Waals surface area contributed by atoms with Crippen molar-refractivity contribution < 1.29 is 4.79 Å². The number of benzene rings is 2. The molecular weight excluding hydrogens is 433 g/mol. The van der Waals surface area contributed by atoms with Crippen LogP contribution in [0.3, 0.4) is 0 Å². The number of hydrogen-bond acceptors (Lipinski definition) is 2. The molecular formula is C25H27Cl2NOS. The van der Waals surface area contributed by atoms with Crippen LogP contribution < -0.4 is 0 Å². The third-order valence-electron chi connectivity index (χ3n) is 5.40. The Morgan fingerprint density at radius 3 is 2.40 bits per heavy atom. The highest BCUT2D eigenvalue weighted by atomic mass is 35.5. The predicted octanol–water partition coefficient (Wildman–Crippen LogP) is 7.24. The Hall–Kier alpha value is -1.68. The Morgan fingerprint density at radius 1 is 1.17 bits per heavy atom. The number of hydrogen-bond donors (Lipinski definition) is 0. The third kappa shape index (κ3) is 6.41. The van der Waals surface area contributed by atoms with E-state index < -0.39 is 4.84 Å². The first kappa shape index (κ1) is 23.0. The fraction of sp³-hybridized carbons (Fsp3) is 0.320. The summed E-state index contributed by atoms with van der Waals surface area (Å²) in [5.74, 6) is 0.204. The largest absolute Gasteiger partial charge is 0.312 e. The lowest BCUT2D eigenvalue weighted by atomic mass is 9.82. The van der Waals surface area contributed by atoms with Crippen LogP contribution in [0.2, 0.25) is 0 Å². The van der Waals surface area contributed by atoms with Gasteiger partial charge in [-0.25, -0.2) is 0 Å². The lowest BCUT2D eigenvalue weighted by Crippen LogP contribution is -2.32. The summed E-state index contributed by atoms with van der Waals surface area (Å²) in [6.07, 6.45) is 4.98. The van der Waals surface area contributed by atoms with Crippen molar-refractivity contribution in [1.82, 2.24) is 4.90 Å². The van der Waals surface area contributed by atoms with Gasteiger partial charge in [0.2, 0.25) is 0 Å². The van der Waals surface area contributed by atoms with E-state index in [1.807, 2.05) is 54.4 Å². The molecule has 2 aromatic carbocycles. The van der Waals surface area contributed by atoms with E-state index in [-0.39, 0.29) is 11.2 Å². The van der Waals surface area contributed by atoms with Gasteiger partial charge >= 0.3 is 0 Å². The molecule has 3 rings (SSSR count). The molecule has 1 amide bonds. The van der Waals surface area contributed by atoms with Gasteiger partial charge < -0.3 is 4.90 Å². The SMILES string of the molecule is C=C(C)[C@@H]1CC/C(=C/N(Cc2ccccc2)C(=O)C(Cl)Cl)[C@H](Sc2ccccc2)C1. The Bertz CT molecular complexity index is 883. The van der Waals surface area contributed by atoms with Crippen LogP contribution in [-0.4, -0.2) is 20.9 Å². The van der Waals surface area contributed by atoms with Gasteiger partial charge in [-0.1, -0.05) is 83.9 Å². The summed E-state index contributed by atoms with van der Waals surface area (Å²) >= 11 is 13.8. The third-order valence-corrected chi connectivity index (χ3v) is 7.10. The van der Waals surface area contributed by atoms with E-state index in [2.05, 4.69) is 37.8 Å². The van der Waals surface area contributed by atoms with E-state index in [1.165, 1.54) is 16.0 Å². The Balaban J connectivity index is 1.89. The van der Waals surface area contributed by atoms with Gasteiger partial charge in [0, 0.05) is 16.3 Å². The molecule has 2 aromatic rings. The molecule has 0 heterocycles. The molecule has 2 atom stereocenters. The molecule has 0 unspecified atom stereocenters. The zero-order chi connectivity index (χ0) is 21.5. The fourth-order valence-electron chi connectivity index (χ4n) is 3.70. The monoisotopic (exact) mass is 459 g/mol. The van der Waals surface area contributed by atoms with Gasteiger partial charge in [0.1, 0.15) is 0 Å². The molecule has 0 bridgehead atoms. The average molecular weight is 460 g/mol. The first-order chi connectivity index (χ1) is 14.4. The standard InChI is InChI=1S/C25H27Cl2NOS/c1-18(2)20-13-14-21(23(15-20)30-22-11-7-4-8-12-22)17-28(25(29)24(26)27)16-19-9-5-3-6-10-19/h3-12,17,20,23-24H,1,13-16H2,2H3/b21-17-/t20-,23-/m1/s1. The molecule has 0 aromatic heterocycles. The van der Waals surface area contributed by atoms with E-state index >= 15 is 0 Å². The second kappa shape index (κ2) is 11.1. The molecule has 2 nitrogen and oxygen atoms in total. The van der Waals surface area contributed by atoms with Gasteiger partial charge in [-0.3, -0.25) is 4.79 Å². The Labute approximate surface area is 193 Å². The second-order valence-corrected chi connectivity index (χ2v) is 10.1. The number of thioether (sulfide) groups is 1. The van der Waals surface area contributed by atoms with Gasteiger partial charge in [0.25, 0.3) is 5.91 Å². The van der Waals surface area contributed by atoms with Crippen molar-refractivity contribution in [1.29, 1.82) is 0 Å². The van der Waals surface area contributed by atoms with Crippen LogP contribution in [0.15, 0.2) is 89.5 Å². The van der Waals surface area contributed by atoms with Crippen LogP contribution in [0.25, 0.3) is 0 Å². The van der Waals surface area contributed by atoms with Gasteiger partial charge in [0.05, 0.1) is 6.54 Å². The Kier molecular flexibility index (Phi) is 8.50. The summed E-state index contributed by atoms with van der Waals surface area (Å²) in [5.41, 5.74) is 3.52. The van der Waals surface area contributed by atoms with E-state index in [0.29, 0.717) is 12.5 Å². The number of allylic oxidation sites excluding steroid dienone is 1. The first-order valence-electron chi connectivity index (χ1n) is 10.1. The van der Waals surface area contributed by atoms with E-state index in [4.69, 9.17) is 23.2 Å². The summed E-state index contributed by atoms with van der Waals surface area (Å²) in [5, 5.41) is 0.276. The smallest absolute Gasteiger partial charge is 0.260 e. The van der Waals surface area contributed by atoms with Gasteiger partial charge in [-0.2, -0.15) is 0 Å². The number of alkyl halides is 2. The van der Waals surface area contributed by atoms with E-state index in [1.54, 1.807) is 4.90 Å². The van der Waals surface area contributed by atoms with Crippen molar-refractivity contribution in [2.24, 2.45) is 5.92 Å². The molecule has 0 radical (unpaired) electrons. The zero-order valence-electron chi connectivity index (χ0n) is 17.1. The maximum absolute atomic E-state index is 12.8. The maximum atomic E-state index is 12.8. The summed E-state index contributed by atoms with van der Waals surface area (Å²) in [6.45, 7) is 6.75. The summed E-state index contributed by atoms with van der Waals surface area (Å²) in [4.78, 5) is 14.6. The molecule has 5 heteroatoms. The van der Waals surface area contributed by atoms with Crippen molar-refractivity contribution in [3.05, 3.63) is 90.2 Å². The normalized spacial score (nSPS) is 20.3. The predicted molar refractivity (Wildman–Crippen MR) is 129 cm³/mol. The lowest BCUT2D eigenvalue weighted by molar-refractivity contribution is -0.127. The zero-order valence-corrected chi connectivity index (χ0v) is 19.5. The van der Waals surface area contributed by atoms with Crippen LogP contribution in [0.4, 0.5) is 0 Å². The first-order valence-corrected chi connectivity index (χ1v) is 11.9. The van der Waals surface area contributed by atoms with Crippen LogP contribution in [0, 0.1) is 5.92 Å². The fourth-order valence-corrected chi connectivity index (χ4v) is 5.26. The number of amides is 1. The van der Waals surface area contributed by atoms with Crippen LogP contribution in [0.5, 0.6) is 0 Å². The van der Waals surface area contributed by atoms with E-state index in [0.717, 1.165) is 24.8 Å². The number of halogens is 2. The van der Waals surface area contributed by atoms with Gasteiger partial charge in [-0.15, -0.1) is 11.8 Å². The second-order valence-electron chi connectivity index (χ2n) is 7.69. The molecule has 1 aliphatic carbocycles. The van der Waals surface area contributed by atoms with E-state index in [9.17, 15) is 4.79 Å². The molecule has 1 fully saturated rings. The minimum atomic E-state index is -1.09.